The quantitative estimate of drug-likeness (QED) is 0.804. The Morgan fingerprint density at radius 1 is 1.36 bits per heavy atom. The number of halogens is 4. The van der Waals surface area contributed by atoms with Gasteiger partial charge in [-0.05, 0) is 30.7 Å². The highest BCUT2D eigenvalue weighted by atomic mass is 35.5. The number of rotatable bonds is 4. The van der Waals surface area contributed by atoms with Crippen molar-refractivity contribution in [1.29, 1.82) is 0 Å². The number of carbonyl (C=O) groups is 1. The van der Waals surface area contributed by atoms with E-state index in [4.69, 9.17) is 16.3 Å². The average molecular weight is 375 g/mol. The molecule has 2 N–H and O–H groups in total. The molecule has 0 unspecified atom stereocenters. The van der Waals surface area contributed by atoms with Gasteiger partial charge >= 0.3 is 12.1 Å². The maximum atomic E-state index is 12.5. The number of amides is 1. The van der Waals surface area contributed by atoms with E-state index in [-0.39, 0.29) is 25.0 Å². The molecule has 0 saturated carbocycles. The lowest BCUT2D eigenvalue weighted by Gasteiger charge is -2.42. The molecule has 0 spiro atoms. The SMILES string of the molecule is Cc1ccc2nc(Cl)nc(NCC3(NC(=O)C(F)(F)F)COC3)c2c1. The Labute approximate surface area is 145 Å². The highest BCUT2D eigenvalue weighted by Gasteiger charge is 2.47. The van der Waals surface area contributed by atoms with Crippen LogP contribution in [0.5, 0.6) is 0 Å². The highest BCUT2D eigenvalue weighted by Crippen LogP contribution is 2.26. The minimum absolute atomic E-state index is 0.00516. The Kier molecular flexibility index (Phi) is 4.46. The van der Waals surface area contributed by atoms with Gasteiger partial charge in [0, 0.05) is 11.9 Å². The van der Waals surface area contributed by atoms with Crippen LogP contribution in [-0.4, -0.2) is 47.3 Å². The van der Waals surface area contributed by atoms with Crippen LogP contribution in [0.1, 0.15) is 5.56 Å². The van der Waals surface area contributed by atoms with Crippen LogP contribution in [0, 0.1) is 6.92 Å². The number of anilines is 1. The van der Waals surface area contributed by atoms with Gasteiger partial charge in [-0.3, -0.25) is 4.79 Å². The minimum Gasteiger partial charge on any atom is -0.376 e. The molecular weight excluding hydrogens is 361 g/mol. The second-order valence-corrected chi connectivity index (χ2v) is 6.28. The van der Waals surface area contributed by atoms with Crippen LogP contribution in [-0.2, 0) is 9.53 Å². The van der Waals surface area contributed by atoms with E-state index < -0.39 is 17.6 Å². The zero-order valence-corrected chi connectivity index (χ0v) is 13.8. The lowest BCUT2D eigenvalue weighted by molar-refractivity contribution is -0.181. The molecule has 3 rings (SSSR count). The van der Waals surface area contributed by atoms with Crippen molar-refractivity contribution in [3.8, 4) is 0 Å². The molecule has 6 nitrogen and oxygen atoms in total. The average Bonchev–Trinajstić information content (AvgIpc) is 2.48. The van der Waals surface area contributed by atoms with Crippen molar-refractivity contribution >= 4 is 34.2 Å². The van der Waals surface area contributed by atoms with E-state index in [1.54, 1.807) is 6.07 Å². The number of aryl methyl sites for hydroxylation is 1. The second kappa shape index (κ2) is 6.30. The number of aromatic nitrogens is 2. The molecule has 0 bridgehead atoms. The lowest BCUT2D eigenvalue weighted by Crippen LogP contribution is -2.67. The Balaban J connectivity index is 1.81. The Morgan fingerprint density at radius 3 is 2.68 bits per heavy atom. The number of nitrogens with zero attached hydrogens (tertiary/aromatic N) is 2. The predicted octanol–water partition coefficient (Wildman–Crippen LogP) is 2.45. The van der Waals surface area contributed by atoms with E-state index in [2.05, 4.69) is 15.3 Å². The van der Waals surface area contributed by atoms with Gasteiger partial charge in [0.25, 0.3) is 0 Å². The molecular formula is C15H14ClF3N4O2. The molecule has 25 heavy (non-hydrogen) atoms. The van der Waals surface area contributed by atoms with E-state index in [9.17, 15) is 18.0 Å². The van der Waals surface area contributed by atoms with E-state index in [1.807, 2.05) is 24.4 Å². The normalized spacial score (nSPS) is 16.4. The smallest absolute Gasteiger partial charge is 0.376 e. The largest absolute Gasteiger partial charge is 0.471 e. The topological polar surface area (TPSA) is 76.1 Å². The minimum atomic E-state index is -4.95. The summed E-state index contributed by atoms with van der Waals surface area (Å²) in [6.45, 7) is 1.84. The van der Waals surface area contributed by atoms with Crippen molar-refractivity contribution in [2.75, 3.05) is 25.1 Å². The molecule has 2 aromatic rings. The number of fused-ring (bicyclic) bond motifs is 1. The van der Waals surface area contributed by atoms with E-state index in [0.717, 1.165) is 5.56 Å². The molecule has 134 valence electrons. The fourth-order valence-corrected chi connectivity index (χ4v) is 2.66. The second-order valence-electron chi connectivity index (χ2n) is 5.94. The van der Waals surface area contributed by atoms with Crippen molar-refractivity contribution in [2.24, 2.45) is 0 Å². The lowest BCUT2D eigenvalue weighted by atomic mass is 9.97. The summed E-state index contributed by atoms with van der Waals surface area (Å²) < 4.78 is 42.5. The number of hydrogen-bond donors (Lipinski definition) is 2. The summed E-state index contributed by atoms with van der Waals surface area (Å²) in [5.74, 6) is -1.62. The number of benzene rings is 1. The molecule has 2 heterocycles. The summed E-state index contributed by atoms with van der Waals surface area (Å²) in [4.78, 5) is 19.4. The molecule has 1 aromatic heterocycles. The van der Waals surface area contributed by atoms with Crippen LogP contribution < -0.4 is 10.6 Å². The van der Waals surface area contributed by atoms with Crippen LogP contribution in [0.4, 0.5) is 19.0 Å². The van der Waals surface area contributed by atoms with Crippen molar-refractivity contribution in [3.05, 3.63) is 29.0 Å². The Hall–Kier alpha value is -2.13. The van der Waals surface area contributed by atoms with Crippen molar-refractivity contribution in [2.45, 2.75) is 18.6 Å². The fraction of sp³-hybridized carbons (Fsp3) is 0.400. The summed E-state index contributed by atoms with van der Waals surface area (Å²) in [6.07, 6.45) is -4.95. The van der Waals surface area contributed by atoms with E-state index in [0.29, 0.717) is 16.7 Å². The number of alkyl halides is 3. The van der Waals surface area contributed by atoms with E-state index in [1.165, 1.54) is 0 Å². The van der Waals surface area contributed by atoms with Crippen molar-refractivity contribution in [1.82, 2.24) is 15.3 Å². The van der Waals surface area contributed by atoms with Crippen molar-refractivity contribution in [3.63, 3.8) is 0 Å². The van der Waals surface area contributed by atoms with Gasteiger partial charge in [-0.2, -0.15) is 13.2 Å². The summed E-state index contributed by atoms with van der Waals surface area (Å²) in [5, 5.41) is 5.64. The summed E-state index contributed by atoms with van der Waals surface area (Å²) in [7, 11) is 0. The van der Waals surface area contributed by atoms with E-state index >= 15 is 0 Å². The maximum Gasteiger partial charge on any atom is 0.471 e. The first-order valence-corrected chi connectivity index (χ1v) is 7.71. The zero-order valence-electron chi connectivity index (χ0n) is 13.1. The summed E-state index contributed by atoms with van der Waals surface area (Å²) in [6, 6.07) is 5.48. The predicted molar refractivity (Wildman–Crippen MR) is 85.5 cm³/mol. The standard InChI is InChI=1S/C15H14ClF3N4O2/c1-8-2-3-10-9(4-8)11(22-13(16)21-10)20-5-14(6-25-7-14)23-12(24)15(17,18)19/h2-4H,5-7H2,1H3,(H,23,24)(H,20,21,22). The number of nitrogens with one attached hydrogen (secondary N) is 2. The molecule has 1 amide bonds. The maximum absolute atomic E-state index is 12.5. The van der Waals surface area contributed by atoms with Crippen LogP contribution in [0.25, 0.3) is 10.9 Å². The molecule has 10 heteroatoms. The van der Waals surface area contributed by atoms with Crippen LogP contribution in [0.15, 0.2) is 18.2 Å². The molecule has 1 fully saturated rings. The number of carbonyl (C=O) groups excluding carboxylic acids is 1. The highest BCUT2D eigenvalue weighted by molar-refractivity contribution is 6.28. The van der Waals surface area contributed by atoms with Gasteiger partial charge in [-0.15, -0.1) is 0 Å². The Morgan fingerprint density at radius 2 is 2.08 bits per heavy atom. The van der Waals surface area contributed by atoms with Gasteiger partial charge in [0.05, 0.1) is 18.7 Å². The van der Waals surface area contributed by atoms with Crippen LogP contribution >= 0.6 is 11.6 Å². The first kappa shape index (κ1) is 17.7. The Bertz CT molecular complexity index is 824. The number of hydrogen-bond acceptors (Lipinski definition) is 5. The third kappa shape index (κ3) is 3.77. The van der Waals surface area contributed by atoms with Gasteiger partial charge < -0.3 is 15.4 Å². The molecule has 1 aromatic carbocycles. The van der Waals surface area contributed by atoms with Crippen LogP contribution in [0.3, 0.4) is 0 Å². The van der Waals surface area contributed by atoms with Gasteiger partial charge in [-0.1, -0.05) is 11.6 Å². The molecule has 0 aliphatic carbocycles. The first-order valence-electron chi connectivity index (χ1n) is 7.33. The van der Waals surface area contributed by atoms with Gasteiger partial charge in [0.1, 0.15) is 11.4 Å². The molecule has 0 radical (unpaired) electrons. The van der Waals surface area contributed by atoms with Crippen LogP contribution in [0.2, 0.25) is 5.28 Å². The third-order valence-corrected chi connectivity index (χ3v) is 3.98. The fourth-order valence-electron chi connectivity index (χ4n) is 2.48. The van der Waals surface area contributed by atoms with Gasteiger partial charge in [0.2, 0.25) is 5.28 Å². The van der Waals surface area contributed by atoms with Gasteiger partial charge in [0.15, 0.2) is 0 Å². The summed E-state index contributed by atoms with van der Waals surface area (Å²) >= 11 is 5.90. The molecule has 1 aliphatic heterocycles. The zero-order chi connectivity index (χ0) is 18.2. The van der Waals surface area contributed by atoms with Crippen molar-refractivity contribution < 1.29 is 22.7 Å². The summed E-state index contributed by atoms with van der Waals surface area (Å²) in [5.41, 5.74) is 0.417. The molecule has 1 saturated heterocycles. The van der Waals surface area contributed by atoms with Gasteiger partial charge in [-0.25, -0.2) is 9.97 Å². The third-order valence-electron chi connectivity index (χ3n) is 3.81. The molecule has 0 atom stereocenters. The monoisotopic (exact) mass is 374 g/mol. The number of ether oxygens (including phenoxy) is 1. The first-order chi connectivity index (χ1) is 11.7. The molecule has 1 aliphatic rings.